The molecule has 2 aliphatic carbocycles. The zero-order valence-corrected chi connectivity index (χ0v) is 15.7. The highest BCUT2D eigenvalue weighted by Crippen LogP contribution is 2.33. The first-order valence-corrected chi connectivity index (χ1v) is 10.1. The van der Waals surface area contributed by atoms with Crippen LogP contribution in [0.3, 0.4) is 0 Å². The Balaban J connectivity index is 1.69. The molecule has 2 N–H and O–H groups in total. The Hall–Kier alpha value is -1.92. The molecule has 0 saturated heterocycles. The van der Waals surface area contributed by atoms with Crippen molar-refractivity contribution in [3.63, 3.8) is 0 Å². The number of esters is 1. The van der Waals surface area contributed by atoms with E-state index in [4.69, 9.17) is 4.74 Å². The highest BCUT2D eigenvalue weighted by molar-refractivity contribution is 5.86. The molecule has 0 aromatic carbocycles. The number of carboxylic acids is 2. The molecule has 7 heteroatoms. The Morgan fingerprint density at radius 1 is 0.704 bits per heavy atom. The largest absolute Gasteiger partial charge is 0.481 e. The smallest absolute Gasteiger partial charge is 0.309 e. The lowest BCUT2D eigenvalue weighted by Gasteiger charge is -2.27. The second-order valence-corrected chi connectivity index (χ2v) is 7.76. The van der Waals surface area contributed by atoms with Gasteiger partial charge in [-0.1, -0.05) is 25.7 Å². The third kappa shape index (κ3) is 6.04. The fourth-order valence-corrected chi connectivity index (χ4v) is 4.39. The van der Waals surface area contributed by atoms with Crippen molar-refractivity contribution in [3.05, 3.63) is 0 Å². The SMILES string of the molecule is O=C(O)[C@H]1CCCC[C@H]1C(=O)OCCCCC(=O)[C@@H]1CCCC[C@H]1C(=O)O. The van der Waals surface area contributed by atoms with E-state index in [0.717, 1.165) is 25.7 Å². The lowest BCUT2D eigenvalue weighted by Crippen LogP contribution is -2.34. The van der Waals surface area contributed by atoms with Gasteiger partial charge in [0.05, 0.1) is 24.4 Å². The maximum Gasteiger partial charge on any atom is 0.309 e. The van der Waals surface area contributed by atoms with E-state index >= 15 is 0 Å². The third-order valence-corrected chi connectivity index (χ3v) is 5.94. The van der Waals surface area contributed by atoms with Crippen molar-refractivity contribution in [1.82, 2.24) is 0 Å². The van der Waals surface area contributed by atoms with E-state index in [1.54, 1.807) is 0 Å². The Kier molecular flexibility index (Phi) is 8.25. The number of aliphatic carboxylic acids is 2. The van der Waals surface area contributed by atoms with E-state index in [-0.39, 0.29) is 12.4 Å². The van der Waals surface area contributed by atoms with Crippen LogP contribution in [-0.2, 0) is 23.9 Å². The molecule has 4 atom stereocenters. The van der Waals surface area contributed by atoms with Gasteiger partial charge < -0.3 is 14.9 Å². The molecule has 2 fully saturated rings. The maximum atomic E-state index is 12.3. The Labute approximate surface area is 159 Å². The minimum Gasteiger partial charge on any atom is -0.481 e. The molecule has 2 aliphatic rings. The lowest BCUT2D eigenvalue weighted by atomic mass is 9.76. The number of ketones is 1. The van der Waals surface area contributed by atoms with Gasteiger partial charge >= 0.3 is 17.9 Å². The van der Waals surface area contributed by atoms with Crippen LogP contribution in [0.15, 0.2) is 0 Å². The topological polar surface area (TPSA) is 118 Å². The summed E-state index contributed by atoms with van der Waals surface area (Å²) in [6, 6.07) is 0. The number of hydrogen-bond acceptors (Lipinski definition) is 5. The predicted molar refractivity (Wildman–Crippen MR) is 96.0 cm³/mol. The molecule has 0 aromatic heterocycles. The third-order valence-electron chi connectivity index (χ3n) is 5.94. The van der Waals surface area contributed by atoms with Crippen LogP contribution >= 0.6 is 0 Å². The van der Waals surface area contributed by atoms with Crippen LogP contribution in [-0.4, -0.2) is 40.5 Å². The van der Waals surface area contributed by atoms with Crippen molar-refractivity contribution in [2.75, 3.05) is 6.61 Å². The number of unbranched alkanes of at least 4 members (excludes halogenated alkanes) is 1. The number of carboxylic acid groups (broad SMARTS) is 2. The standard InChI is InChI=1S/C20H30O7/c21-17(13-7-1-2-8-14(13)18(22)23)11-5-6-12-27-20(26)16-10-4-3-9-15(16)19(24)25/h13-16H,1-12H2,(H,22,23)(H,24,25)/t13-,14-,15+,16-/m1/s1. The van der Waals surface area contributed by atoms with E-state index in [1.807, 2.05) is 0 Å². The first-order valence-electron chi connectivity index (χ1n) is 10.1. The van der Waals surface area contributed by atoms with Crippen molar-refractivity contribution < 1.29 is 34.1 Å². The average molecular weight is 382 g/mol. The van der Waals surface area contributed by atoms with Crippen molar-refractivity contribution >= 4 is 23.7 Å². The van der Waals surface area contributed by atoms with Gasteiger partial charge in [0.25, 0.3) is 0 Å². The van der Waals surface area contributed by atoms with Gasteiger partial charge in [0.1, 0.15) is 5.78 Å². The fraction of sp³-hybridized carbons (Fsp3) is 0.800. The van der Waals surface area contributed by atoms with Crippen molar-refractivity contribution in [2.45, 2.75) is 70.6 Å². The molecule has 0 aliphatic heterocycles. The van der Waals surface area contributed by atoms with Crippen LogP contribution in [0.25, 0.3) is 0 Å². The van der Waals surface area contributed by atoms with Crippen LogP contribution in [0.1, 0.15) is 70.6 Å². The molecular formula is C20H30O7. The van der Waals surface area contributed by atoms with Gasteiger partial charge in [-0.05, 0) is 38.5 Å². The normalized spacial score (nSPS) is 28.3. The zero-order valence-electron chi connectivity index (χ0n) is 15.7. The summed E-state index contributed by atoms with van der Waals surface area (Å²) in [6.45, 7) is 0.169. The molecule has 0 spiro atoms. The predicted octanol–water partition coefficient (Wildman–Crippen LogP) is 3.05. The number of carbonyl (C=O) groups is 4. The van der Waals surface area contributed by atoms with Gasteiger partial charge in [0, 0.05) is 12.3 Å². The first kappa shape index (κ1) is 21.4. The molecule has 0 radical (unpaired) electrons. The summed E-state index contributed by atoms with van der Waals surface area (Å²) in [6.07, 6.45) is 7.03. The fourth-order valence-electron chi connectivity index (χ4n) is 4.39. The minimum absolute atomic E-state index is 0.00773. The highest BCUT2D eigenvalue weighted by atomic mass is 16.5. The highest BCUT2D eigenvalue weighted by Gasteiger charge is 2.37. The second-order valence-electron chi connectivity index (χ2n) is 7.76. The van der Waals surface area contributed by atoms with Gasteiger partial charge in [0.15, 0.2) is 0 Å². The summed E-state index contributed by atoms with van der Waals surface area (Å²) in [7, 11) is 0. The van der Waals surface area contributed by atoms with Crippen LogP contribution < -0.4 is 0 Å². The Morgan fingerprint density at radius 3 is 1.74 bits per heavy atom. The molecule has 27 heavy (non-hydrogen) atoms. The molecular weight excluding hydrogens is 352 g/mol. The maximum absolute atomic E-state index is 12.3. The van der Waals surface area contributed by atoms with Gasteiger partial charge in [-0.2, -0.15) is 0 Å². The summed E-state index contributed by atoms with van der Waals surface area (Å²) in [5.41, 5.74) is 0. The summed E-state index contributed by atoms with van der Waals surface area (Å²) in [5.74, 6) is -4.48. The van der Waals surface area contributed by atoms with E-state index in [9.17, 15) is 29.4 Å². The van der Waals surface area contributed by atoms with Crippen LogP contribution in [0, 0.1) is 23.7 Å². The van der Waals surface area contributed by atoms with Crippen molar-refractivity contribution in [2.24, 2.45) is 23.7 Å². The van der Waals surface area contributed by atoms with Crippen LogP contribution in [0.5, 0.6) is 0 Å². The summed E-state index contributed by atoms with van der Waals surface area (Å²) < 4.78 is 5.24. The monoisotopic (exact) mass is 382 g/mol. The van der Waals surface area contributed by atoms with Crippen LogP contribution in [0.4, 0.5) is 0 Å². The van der Waals surface area contributed by atoms with Crippen molar-refractivity contribution in [3.8, 4) is 0 Å². The van der Waals surface area contributed by atoms with E-state index in [0.29, 0.717) is 44.9 Å². The molecule has 2 saturated carbocycles. The quantitative estimate of drug-likeness (QED) is 0.465. The number of Topliss-reactive ketones (excluding diaryl/α,β-unsaturated/α-hetero) is 1. The number of hydrogen-bond donors (Lipinski definition) is 2. The average Bonchev–Trinajstić information content (AvgIpc) is 2.67. The molecule has 152 valence electrons. The summed E-state index contributed by atoms with van der Waals surface area (Å²) in [5, 5.41) is 18.5. The molecule has 7 nitrogen and oxygen atoms in total. The molecule has 2 rings (SSSR count). The molecule has 0 amide bonds. The molecule has 0 aromatic rings. The Bertz CT molecular complexity index is 509. The van der Waals surface area contributed by atoms with Crippen LogP contribution in [0.2, 0.25) is 0 Å². The number of rotatable bonds is 9. The minimum atomic E-state index is -0.942. The van der Waals surface area contributed by atoms with Gasteiger partial charge in [-0.15, -0.1) is 0 Å². The van der Waals surface area contributed by atoms with Crippen molar-refractivity contribution in [1.29, 1.82) is 0 Å². The van der Waals surface area contributed by atoms with Gasteiger partial charge in [0.2, 0.25) is 0 Å². The summed E-state index contributed by atoms with van der Waals surface area (Å²) >= 11 is 0. The number of carbonyl (C=O) groups excluding carboxylic acids is 2. The summed E-state index contributed by atoms with van der Waals surface area (Å²) in [4.78, 5) is 47.0. The van der Waals surface area contributed by atoms with E-state index < -0.39 is 41.6 Å². The molecule has 0 bridgehead atoms. The lowest BCUT2D eigenvalue weighted by molar-refractivity contribution is -0.159. The Morgan fingerprint density at radius 2 is 1.19 bits per heavy atom. The first-order chi connectivity index (χ1) is 12.9. The zero-order chi connectivity index (χ0) is 19.8. The van der Waals surface area contributed by atoms with Gasteiger partial charge in [-0.25, -0.2) is 0 Å². The molecule has 0 heterocycles. The molecule has 0 unspecified atom stereocenters. The second kappa shape index (κ2) is 10.4. The number of ether oxygens (including phenoxy) is 1. The van der Waals surface area contributed by atoms with E-state index in [2.05, 4.69) is 0 Å². The van der Waals surface area contributed by atoms with E-state index in [1.165, 1.54) is 0 Å². The van der Waals surface area contributed by atoms with Gasteiger partial charge in [-0.3, -0.25) is 19.2 Å².